The van der Waals surface area contributed by atoms with E-state index in [2.05, 4.69) is 17.2 Å². The highest BCUT2D eigenvalue weighted by molar-refractivity contribution is 5.96. The summed E-state index contributed by atoms with van der Waals surface area (Å²) in [6.45, 7) is 5.04. The fourth-order valence-corrected chi connectivity index (χ4v) is 3.15. The Balaban J connectivity index is 1.60. The Morgan fingerprint density at radius 3 is 2.56 bits per heavy atom. The van der Waals surface area contributed by atoms with Gasteiger partial charge in [0.2, 0.25) is 0 Å². The summed E-state index contributed by atoms with van der Waals surface area (Å²) < 4.78 is 11.4. The molecule has 2 saturated heterocycles. The van der Waals surface area contributed by atoms with Gasteiger partial charge in [0.25, 0.3) is 11.8 Å². The van der Waals surface area contributed by atoms with Gasteiger partial charge in [0.15, 0.2) is 5.79 Å². The van der Waals surface area contributed by atoms with Crippen molar-refractivity contribution in [3.63, 3.8) is 0 Å². The molecule has 0 radical (unpaired) electrons. The van der Waals surface area contributed by atoms with Gasteiger partial charge in [0.1, 0.15) is 11.4 Å². The molecule has 2 aliphatic rings. The van der Waals surface area contributed by atoms with Crippen LogP contribution in [-0.2, 0) is 9.47 Å². The highest BCUT2D eigenvalue weighted by Crippen LogP contribution is 2.31. The molecule has 136 valence electrons. The van der Waals surface area contributed by atoms with Crippen molar-refractivity contribution in [2.24, 2.45) is 0 Å². The zero-order valence-electron chi connectivity index (χ0n) is 14.6. The Morgan fingerprint density at radius 2 is 1.88 bits per heavy atom. The molecule has 0 unspecified atom stereocenters. The second-order valence-electron chi connectivity index (χ2n) is 6.42. The normalized spacial score (nSPS) is 19.2. The summed E-state index contributed by atoms with van der Waals surface area (Å²) >= 11 is 0. The molecule has 2 amide bonds. The average molecular weight is 347 g/mol. The number of amides is 2. The number of ether oxygens (including phenoxy) is 2. The third-order valence-electron chi connectivity index (χ3n) is 4.64. The van der Waals surface area contributed by atoms with E-state index in [9.17, 15) is 9.59 Å². The average Bonchev–Trinajstić information content (AvgIpc) is 3.10. The van der Waals surface area contributed by atoms with E-state index in [1.165, 1.54) is 0 Å². The van der Waals surface area contributed by atoms with Crippen molar-refractivity contribution in [3.8, 4) is 0 Å². The number of nitrogens with zero attached hydrogens (tertiary/aromatic N) is 2. The van der Waals surface area contributed by atoms with E-state index in [-0.39, 0.29) is 17.5 Å². The minimum Gasteiger partial charge on any atom is -0.351 e. The molecule has 1 aromatic rings. The van der Waals surface area contributed by atoms with Crippen LogP contribution in [0, 0.1) is 0 Å². The second kappa shape index (κ2) is 7.93. The van der Waals surface area contributed by atoms with E-state index >= 15 is 0 Å². The molecule has 1 spiro atoms. The molecule has 0 aromatic carbocycles. The van der Waals surface area contributed by atoms with Gasteiger partial charge in [-0.25, -0.2) is 4.98 Å². The van der Waals surface area contributed by atoms with Gasteiger partial charge in [-0.2, -0.15) is 0 Å². The summed E-state index contributed by atoms with van der Waals surface area (Å²) in [5, 5.41) is 2.82. The van der Waals surface area contributed by atoms with E-state index in [0.717, 1.165) is 12.8 Å². The van der Waals surface area contributed by atoms with Crippen LogP contribution in [0.2, 0.25) is 0 Å². The molecule has 3 rings (SSSR count). The van der Waals surface area contributed by atoms with Crippen LogP contribution < -0.4 is 5.32 Å². The third-order valence-corrected chi connectivity index (χ3v) is 4.64. The second-order valence-corrected chi connectivity index (χ2v) is 6.42. The summed E-state index contributed by atoms with van der Waals surface area (Å²) in [7, 11) is 0. The molecule has 2 aliphatic heterocycles. The lowest BCUT2D eigenvalue weighted by molar-refractivity contribution is -0.181. The maximum Gasteiger partial charge on any atom is 0.272 e. The highest BCUT2D eigenvalue weighted by Gasteiger charge is 2.41. The van der Waals surface area contributed by atoms with Crippen molar-refractivity contribution >= 4 is 11.8 Å². The topological polar surface area (TPSA) is 80.8 Å². The molecular formula is C18H25N3O4. The molecule has 3 heterocycles. The number of unbranched alkanes of at least 4 members (excludes halogenated alkanes) is 1. The monoisotopic (exact) mass is 347 g/mol. The molecule has 0 bridgehead atoms. The number of hydrogen-bond acceptors (Lipinski definition) is 5. The first kappa shape index (κ1) is 17.8. The van der Waals surface area contributed by atoms with E-state index in [1.54, 1.807) is 23.1 Å². The lowest BCUT2D eigenvalue weighted by atomic mass is 10.0. The molecule has 7 nitrogen and oxygen atoms in total. The van der Waals surface area contributed by atoms with Crippen LogP contribution in [0.3, 0.4) is 0 Å². The third kappa shape index (κ3) is 4.16. The number of pyridine rings is 1. The van der Waals surface area contributed by atoms with Crippen molar-refractivity contribution < 1.29 is 19.1 Å². The number of piperidine rings is 1. The molecule has 0 atom stereocenters. The molecule has 7 heteroatoms. The lowest BCUT2D eigenvalue weighted by Crippen LogP contribution is -2.47. The Morgan fingerprint density at radius 1 is 1.20 bits per heavy atom. The van der Waals surface area contributed by atoms with Gasteiger partial charge >= 0.3 is 0 Å². The Labute approximate surface area is 147 Å². The molecular weight excluding hydrogens is 322 g/mol. The molecule has 2 fully saturated rings. The summed E-state index contributed by atoms with van der Waals surface area (Å²) in [5.74, 6) is -0.907. The van der Waals surface area contributed by atoms with Crippen LogP contribution in [0.4, 0.5) is 0 Å². The summed E-state index contributed by atoms with van der Waals surface area (Å²) in [4.78, 5) is 30.8. The Hall–Kier alpha value is -1.99. The van der Waals surface area contributed by atoms with Crippen LogP contribution in [0.25, 0.3) is 0 Å². The number of carbonyl (C=O) groups is 2. The molecule has 1 aromatic heterocycles. The summed E-state index contributed by atoms with van der Waals surface area (Å²) in [5.41, 5.74) is 0.574. The van der Waals surface area contributed by atoms with Gasteiger partial charge in [-0.3, -0.25) is 9.59 Å². The first-order valence-corrected chi connectivity index (χ1v) is 8.96. The van der Waals surface area contributed by atoms with E-state index < -0.39 is 5.79 Å². The van der Waals surface area contributed by atoms with Crippen molar-refractivity contribution in [1.29, 1.82) is 0 Å². The van der Waals surface area contributed by atoms with Gasteiger partial charge in [0.05, 0.1) is 13.2 Å². The Bertz CT molecular complexity index is 619. The van der Waals surface area contributed by atoms with Crippen LogP contribution in [0.5, 0.6) is 0 Å². The molecule has 1 N–H and O–H groups in total. The summed E-state index contributed by atoms with van der Waals surface area (Å²) in [6.07, 6.45) is 3.26. The zero-order valence-corrected chi connectivity index (χ0v) is 14.6. The first-order valence-electron chi connectivity index (χ1n) is 8.96. The van der Waals surface area contributed by atoms with Gasteiger partial charge in [0, 0.05) is 32.5 Å². The Kier molecular flexibility index (Phi) is 5.65. The van der Waals surface area contributed by atoms with Crippen molar-refractivity contribution in [1.82, 2.24) is 15.2 Å². The van der Waals surface area contributed by atoms with E-state index in [1.807, 2.05) is 0 Å². The predicted molar refractivity (Wildman–Crippen MR) is 91.3 cm³/mol. The smallest absolute Gasteiger partial charge is 0.272 e. The van der Waals surface area contributed by atoms with Gasteiger partial charge < -0.3 is 19.7 Å². The van der Waals surface area contributed by atoms with Crippen LogP contribution in [0.1, 0.15) is 53.6 Å². The van der Waals surface area contributed by atoms with Crippen LogP contribution in [-0.4, -0.2) is 60.3 Å². The van der Waals surface area contributed by atoms with Gasteiger partial charge in [-0.15, -0.1) is 0 Å². The lowest BCUT2D eigenvalue weighted by Gasteiger charge is -2.37. The van der Waals surface area contributed by atoms with Gasteiger partial charge in [-0.1, -0.05) is 19.4 Å². The number of hydrogen-bond donors (Lipinski definition) is 1. The minimum absolute atomic E-state index is 0.156. The van der Waals surface area contributed by atoms with Crippen LogP contribution in [0.15, 0.2) is 18.2 Å². The quantitative estimate of drug-likeness (QED) is 0.818. The number of carbonyl (C=O) groups excluding carboxylic acids is 2. The highest BCUT2D eigenvalue weighted by atomic mass is 16.7. The molecule has 0 aliphatic carbocycles. The minimum atomic E-state index is -0.509. The van der Waals surface area contributed by atoms with Gasteiger partial charge in [-0.05, 0) is 18.6 Å². The van der Waals surface area contributed by atoms with E-state index in [0.29, 0.717) is 51.4 Å². The zero-order chi connectivity index (χ0) is 17.7. The first-order chi connectivity index (χ1) is 12.1. The fraction of sp³-hybridized carbons (Fsp3) is 0.611. The maximum absolute atomic E-state index is 12.7. The van der Waals surface area contributed by atoms with E-state index in [4.69, 9.17) is 9.47 Å². The largest absolute Gasteiger partial charge is 0.351 e. The number of nitrogens with one attached hydrogen (secondary N) is 1. The SMILES string of the molecule is CCCCNC(=O)c1cccc(C(=O)N2CCC3(CC2)OCCO3)n1. The molecule has 25 heavy (non-hydrogen) atoms. The predicted octanol–water partition coefficient (Wildman–Crippen LogP) is 1.59. The number of likely N-dealkylation sites (tertiary alicyclic amines) is 1. The number of aromatic nitrogens is 1. The fourth-order valence-electron chi connectivity index (χ4n) is 3.15. The summed E-state index contributed by atoms with van der Waals surface area (Å²) in [6, 6.07) is 4.98. The van der Waals surface area contributed by atoms with Crippen molar-refractivity contribution in [3.05, 3.63) is 29.6 Å². The number of rotatable bonds is 5. The standard InChI is InChI=1S/C18H25N3O4/c1-2-3-9-19-16(22)14-5-4-6-15(20-14)17(23)21-10-7-18(8-11-21)24-12-13-25-18/h4-6H,2-3,7-13H2,1H3,(H,19,22). The maximum atomic E-state index is 12.7. The molecule has 0 saturated carbocycles. The van der Waals surface area contributed by atoms with Crippen LogP contribution >= 0.6 is 0 Å². The van der Waals surface area contributed by atoms with Crippen molar-refractivity contribution in [2.45, 2.75) is 38.4 Å². The van der Waals surface area contributed by atoms with Crippen molar-refractivity contribution in [2.75, 3.05) is 32.8 Å².